The summed E-state index contributed by atoms with van der Waals surface area (Å²) in [6.45, 7) is 0. The van der Waals surface area contributed by atoms with Crippen LogP contribution in [-0.2, 0) is 0 Å². The van der Waals surface area contributed by atoms with Crippen molar-refractivity contribution in [1.29, 1.82) is 0 Å². The van der Waals surface area contributed by atoms with Crippen LogP contribution >= 0.6 is 11.6 Å². The number of hydrogen-bond donors (Lipinski definition) is 1. The number of methoxy groups -OCH3 is 2. The third-order valence-electron chi connectivity index (χ3n) is 3.77. The molecule has 0 atom stereocenters. The minimum Gasteiger partial charge on any atom is -0.497 e. The molecule has 0 saturated carbocycles. The first kappa shape index (κ1) is 18.6. The van der Waals surface area contributed by atoms with Gasteiger partial charge in [-0.3, -0.25) is 4.79 Å². The summed E-state index contributed by atoms with van der Waals surface area (Å²) >= 11 is 6.10. The number of nitrogens with one attached hydrogen (secondary N) is 1. The SMILES string of the molecule is COc1cc(OC)cc(C(=O)Nc2cc(Cl)ccc2Oc2ccccc2)c1. The van der Waals surface area contributed by atoms with Crippen molar-refractivity contribution in [1.82, 2.24) is 0 Å². The normalized spacial score (nSPS) is 10.2. The van der Waals surface area contributed by atoms with Crippen molar-refractivity contribution in [3.05, 3.63) is 77.3 Å². The van der Waals surface area contributed by atoms with Crippen LogP contribution < -0.4 is 19.5 Å². The maximum atomic E-state index is 12.7. The minimum atomic E-state index is -0.340. The van der Waals surface area contributed by atoms with E-state index in [0.29, 0.717) is 39.3 Å². The number of para-hydroxylation sites is 1. The summed E-state index contributed by atoms with van der Waals surface area (Å²) in [7, 11) is 3.05. The second-order valence-corrected chi connectivity index (χ2v) is 6.05. The standard InChI is InChI=1S/C21H18ClNO4/c1-25-17-10-14(11-18(13-17)26-2)21(24)23-19-12-15(22)8-9-20(19)27-16-6-4-3-5-7-16/h3-13H,1-2H3,(H,23,24). The van der Waals surface area contributed by atoms with E-state index in [0.717, 1.165) is 0 Å². The molecule has 0 aliphatic carbocycles. The third-order valence-corrected chi connectivity index (χ3v) is 4.01. The topological polar surface area (TPSA) is 56.8 Å². The van der Waals surface area contributed by atoms with E-state index < -0.39 is 0 Å². The lowest BCUT2D eigenvalue weighted by molar-refractivity contribution is 0.102. The van der Waals surface area contributed by atoms with Crippen LogP contribution in [0.25, 0.3) is 0 Å². The summed E-state index contributed by atoms with van der Waals surface area (Å²) in [5.74, 6) is 1.83. The largest absolute Gasteiger partial charge is 0.497 e. The Hall–Kier alpha value is -3.18. The predicted molar refractivity (Wildman–Crippen MR) is 105 cm³/mol. The van der Waals surface area contributed by atoms with E-state index >= 15 is 0 Å². The summed E-state index contributed by atoms with van der Waals surface area (Å²) in [5, 5.41) is 3.31. The number of anilines is 1. The van der Waals surface area contributed by atoms with Gasteiger partial charge in [0.05, 0.1) is 19.9 Å². The van der Waals surface area contributed by atoms with Crippen LogP contribution in [0.15, 0.2) is 66.7 Å². The molecule has 5 nitrogen and oxygen atoms in total. The molecule has 0 saturated heterocycles. The summed E-state index contributed by atoms with van der Waals surface area (Å²) < 4.78 is 16.3. The number of ether oxygens (including phenoxy) is 3. The third kappa shape index (κ3) is 4.71. The highest BCUT2D eigenvalue weighted by Gasteiger charge is 2.14. The number of rotatable bonds is 6. The van der Waals surface area contributed by atoms with Gasteiger partial charge in [-0.1, -0.05) is 29.8 Å². The van der Waals surface area contributed by atoms with Gasteiger partial charge < -0.3 is 19.5 Å². The molecule has 3 aromatic rings. The maximum absolute atomic E-state index is 12.7. The molecule has 0 spiro atoms. The van der Waals surface area contributed by atoms with Crippen LogP contribution in [0.2, 0.25) is 5.02 Å². The average Bonchev–Trinajstić information content (AvgIpc) is 2.70. The molecular formula is C21H18ClNO4. The van der Waals surface area contributed by atoms with E-state index in [-0.39, 0.29) is 5.91 Å². The van der Waals surface area contributed by atoms with Crippen molar-refractivity contribution in [3.63, 3.8) is 0 Å². The molecule has 0 aliphatic heterocycles. The molecule has 0 unspecified atom stereocenters. The van der Waals surface area contributed by atoms with Crippen LogP contribution in [0, 0.1) is 0 Å². The molecule has 0 fully saturated rings. The van der Waals surface area contributed by atoms with Crippen molar-refractivity contribution < 1.29 is 19.0 Å². The Morgan fingerprint density at radius 1 is 0.852 bits per heavy atom. The van der Waals surface area contributed by atoms with Crippen molar-refractivity contribution in [2.75, 3.05) is 19.5 Å². The van der Waals surface area contributed by atoms with Gasteiger partial charge in [0.1, 0.15) is 17.2 Å². The van der Waals surface area contributed by atoms with Gasteiger partial charge in [0.15, 0.2) is 5.75 Å². The highest BCUT2D eigenvalue weighted by Crippen LogP contribution is 2.33. The zero-order valence-electron chi connectivity index (χ0n) is 14.9. The first-order chi connectivity index (χ1) is 13.1. The fourth-order valence-electron chi connectivity index (χ4n) is 2.44. The monoisotopic (exact) mass is 383 g/mol. The first-order valence-electron chi connectivity index (χ1n) is 8.16. The number of carbonyl (C=O) groups is 1. The molecule has 0 heterocycles. The maximum Gasteiger partial charge on any atom is 0.256 e. The van der Waals surface area contributed by atoms with Gasteiger partial charge in [0.2, 0.25) is 0 Å². The van der Waals surface area contributed by atoms with Gasteiger partial charge in [-0.05, 0) is 42.5 Å². The summed E-state index contributed by atoms with van der Waals surface area (Å²) in [5.41, 5.74) is 0.843. The van der Waals surface area contributed by atoms with Gasteiger partial charge in [-0.15, -0.1) is 0 Å². The molecule has 27 heavy (non-hydrogen) atoms. The van der Waals surface area contributed by atoms with Gasteiger partial charge in [-0.25, -0.2) is 0 Å². The van der Waals surface area contributed by atoms with Crippen LogP contribution in [0.1, 0.15) is 10.4 Å². The summed E-state index contributed by atoms with van der Waals surface area (Å²) in [6, 6.07) is 19.3. The number of carbonyl (C=O) groups excluding carboxylic acids is 1. The van der Waals surface area contributed by atoms with E-state index in [9.17, 15) is 4.79 Å². The smallest absolute Gasteiger partial charge is 0.256 e. The van der Waals surface area contributed by atoms with E-state index in [1.54, 1.807) is 36.4 Å². The van der Waals surface area contributed by atoms with Crippen molar-refractivity contribution in [2.24, 2.45) is 0 Å². The van der Waals surface area contributed by atoms with Gasteiger partial charge in [0, 0.05) is 16.7 Å². The minimum absolute atomic E-state index is 0.340. The number of amides is 1. The number of halogens is 1. The molecule has 6 heteroatoms. The summed E-state index contributed by atoms with van der Waals surface area (Å²) in [4.78, 5) is 12.7. The molecule has 1 amide bonds. The lowest BCUT2D eigenvalue weighted by Gasteiger charge is -2.14. The predicted octanol–water partition coefficient (Wildman–Crippen LogP) is 5.40. The first-order valence-corrected chi connectivity index (χ1v) is 8.53. The Kier molecular flexibility index (Phi) is 5.84. The lowest BCUT2D eigenvalue weighted by Crippen LogP contribution is -2.13. The van der Waals surface area contributed by atoms with E-state index in [2.05, 4.69) is 5.32 Å². The molecule has 1 N–H and O–H groups in total. The molecule has 0 aliphatic rings. The van der Waals surface area contributed by atoms with Crippen molar-refractivity contribution >= 4 is 23.2 Å². The zero-order chi connectivity index (χ0) is 19.2. The summed E-state index contributed by atoms with van der Waals surface area (Å²) in [6.07, 6.45) is 0. The van der Waals surface area contributed by atoms with E-state index in [1.807, 2.05) is 30.3 Å². The highest BCUT2D eigenvalue weighted by atomic mass is 35.5. The fraction of sp³-hybridized carbons (Fsp3) is 0.0952. The Labute approximate surface area is 162 Å². The molecule has 138 valence electrons. The second-order valence-electron chi connectivity index (χ2n) is 5.61. The van der Waals surface area contributed by atoms with Crippen LogP contribution in [0.5, 0.6) is 23.0 Å². The van der Waals surface area contributed by atoms with Crippen LogP contribution in [0.3, 0.4) is 0 Å². The molecule has 3 aromatic carbocycles. The quantitative estimate of drug-likeness (QED) is 0.619. The lowest BCUT2D eigenvalue weighted by atomic mass is 10.1. The zero-order valence-corrected chi connectivity index (χ0v) is 15.6. The second kappa shape index (κ2) is 8.47. The van der Waals surface area contributed by atoms with Crippen LogP contribution in [-0.4, -0.2) is 20.1 Å². The van der Waals surface area contributed by atoms with Gasteiger partial charge in [0.25, 0.3) is 5.91 Å². The van der Waals surface area contributed by atoms with Gasteiger partial charge >= 0.3 is 0 Å². The van der Waals surface area contributed by atoms with E-state index in [4.69, 9.17) is 25.8 Å². The van der Waals surface area contributed by atoms with Gasteiger partial charge in [-0.2, -0.15) is 0 Å². The average molecular weight is 384 g/mol. The Bertz CT molecular complexity index is 922. The number of hydrogen-bond acceptors (Lipinski definition) is 4. The Balaban J connectivity index is 1.88. The molecule has 0 bridgehead atoms. The fourth-order valence-corrected chi connectivity index (χ4v) is 2.61. The Morgan fingerprint density at radius 2 is 1.52 bits per heavy atom. The van der Waals surface area contributed by atoms with Crippen molar-refractivity contribution in [2.45, 2.75) is 0 Å². The molecule has 3 rings (SSSR count). The molecular weight excluding hydrogens is 366 g/mol. The molecule has 0 aromatic heterocycles. The van der Waals surface area contributed by atoms with Crippen LogP contribution in [0.4, 0.5) is 5.69 Å². The number of benzene rings is 3. The van der Waals surface area contributed by atoms with E-state index in [1.165, 1.54) is 14.2 Å². The van der Waals surface area contributed by atoms with Crippen molar-refractivity contribution in [3.8, 4) is 23.0 Å². The molecule has 0 radical (unpaired) electrons. The highest BCUT2D eigenvalue weighted by molar-refractivity contribution is 6.31. The Morgan fingerprint density at radius 3 is 2.15 bits per heavy atom.